The van der Waals surface area contributed by atoms with Crippen molar-refractivity contribution in [2.24, 2.45) is 0 Å². The van der Waals surface area contributed by atoms with Crippen LogP contribution in [0.4, 0.5) is 10.3 Å². The first-order valence-electron chi connectivity index (χ1n) is 7.84. The molecule has 0 fully saturated rings. The van der Waals surface area contributed by atoms with Crippen LogP contribution in [0.5, 0.6) is 11.5 Å². The van der Waals surface area contributed by atoms with Crippen molar-refractivity contribution in [1.82, 2.24) is 20.4 Å². The molecule has 0 saturated heterocycles. The van der Waals surface area contributed by atoms with Crippen molar-refractivity contribution in [2.45, 2.75) is 11.3 Å². The molecule has 3 heterocycles. The number of nitrogens with one attached hydrogen (secondary N) is 2. The van der Waals surface area contributed by atoms with Gasteiger partial charge < -0.3 is 9.47 Å². The number of hydrogen-bond acceptors (Lipinski definition) is 11. The van der Waals surface area contributed by atoms with Crippen LogP contribution in [-0.4, -0.2) is 44.8 Å². The van der Waals surface area contributed by atoms with Crippen LogP contribution in [0, 0.1) is 6.92 Å². The molecule has 2 amide bonds. The highest BCUT2D eigenvalue weighted by molar-refractivity contribution is 8.01. The average Bonchev–Trinajstić information content (AvgIpc) is 3.40. The van der Waals surface area contributed by atoms with Gasteiger partial charge in [-0.05, 0) is 25.1 Å². The maximum atomic E-state index is 12.3. The van der Waals surface area contributed by atoms with Crippen molar-refractivity contribution < 1.29 is 19.1 Å². The largest absolute Gasteiger partial charge is 0.454 e. The molecule has 0 spiro atoms. The highest BCUT2D eigenvalue weighted by Crippen LogP contribution is 2.33. The third kappa shape index (κ3) is 4.37. The molecule has 1 aliphatic heterocycles. The predicted octanol–water partition coefficient (Wildman–Crippen LogP) is 2.41. The van der Waals surface area contributed by atoms with Gasteiger partial charge in [0.25, 0.3) is 5.91 Å². The number of carbonyl (C=O) groups is 2. The number of aromatic nitrogens is 4. The van der Waals surface area contributed by atoms with Gasteiger partial charge in [0.2, 0.25) is 23.0 Å². The van der Waals surface area contributed by atoms with Gasteiger partial charge >= 0.3 is 0 Å². The number of rotatable bonds is 6. The zero-order chi connectivity index (χ0) is 19.5. The van der Waals surface area contributed by atoms with Crippen LogP contribution in [0.25, 0.3) is 0 Å². The monoisotopic (exact) mass is 436 g/mol. The Hall–Kier alpha value is -2.77. The van der Waals surface area contributed by atoms with Crippen LogP contribution in [0.1, 0.15) is 15.4 Å². The summed E-state index contributed by atoms with van der Waals surface area (Å²) in [6.07, 6.45) is 0. The number of hydrogen-bond donors (Lipinski definition) is 2. The maximum absolute atomic E-state index is 12.3. The molecule has 10 nitrogen and oxygen atoms in total. The Morgan fingerprint density at radius 3 is 2.68 bits per heavy atom. The fourth-order valence-electron chi connectivity index (χ4n) is 2.16. The van der Waals surface area contributed by atoms with E-state index in [-0.39, 0.29) is 24.4 Å². The molecule has 0 saturated carbocycles. The summed E-state index contributed by atoms with van der Waals surface area (Å²) in [6, 6.07) is 4.92. The molecule has 2 aromatic heterocycles. The summed E-state index contributed by atoms with van der Waals surface area (Å²) in [5, 5.41) is 22.5. The van der Waals surface area contributed by atoms with Gasteiger partial charge in [0.15, 0.2) is 15.8 Å². The molecule has 4 rings (SSSR count). The van der Waals surface area contributed by atoms with Crippen LogP contribution in [-0.2, 0) is 4.79 Å². The lowest BCUT2D eigenvalue weighted by molar-refractivity contribution is -0.113. The molecule has 0 atom stereocenters. The third-order valence-electron chi connectivity index (χ3n) is 3.36. The van der Waals surface area contributed by atoms with Crippen molar-refractivity contribution in [2.75, 3.05) is 23.2 Å². The van der Waals surface area contributed by atoms with E-state index in [1.807, 2.05) is 6.92 Å². The van der Waals surface area contributed by atoms with Crippen molar-refractivity contribution in [3.8, 4) is 11.5 Å². The fourth-order valence-corrected chi connectivity index (χ4v) is 4.31. The number of thioether (sulfide) groups is 1. The molecular weight excluding hydrogens is 424 g/mol. The Labute approximate surface area is 170 Å². The minimum absolute atomic E-state index is 0.142. The van der Waals surface area contributed by atoms with E-state index in [4.69, 9.17) is 9.47 Å². The zero-order valence-electron chi connectivity index (χ0n) is 14.3. The molecule has 1 aliphatic rings. The Kier molecular flexibility index (Phi) is 5.36. The average molecular weight is 437 g/mol. The predicted molar refractivity (Wildman–Crippen MR) is 104 cm³/mol. The van der Waals surface area contributed by atoms with Gasteiger partial charge in [-0.1, -0.05) is 34.4 Å². The Balaban J connectivity index is 1.30. The van der Waals surface area contributed by atoms with E-state index in [1.165, 1.54) is 34.4 Å². The number of benzene rings is 1. The van der Waals surface area contributed by atoms with E-state index >= 15 is 0 Å². The summed E-state index contributed by atoms with van der Waals surface area (Å²) in [5.74, 6) is 0.715. The van der Waals surface area contributed by atoms with Crippen molar-refractivity contribution in [3.63, 3.8) is 0 Å². The molecule has 0 aliphatic carbocycles. The van der Waals surface area contributed by atoms with Crippen LogP contribution < -0.4 is 20.1 Å². The van der Waals surface area contributed by atoms with Crippen LogP contribution >= 0.6 is 34.4 Å². The van der Waals surface area contributed by atoms with Gasteiger partial charge in [0, 0.05) is 5.56 Å². The molecule has 13 heteroatoms. The second kappa shape index (κ2) is 8.08. The van der Waals surface area contributed by atoms with E-state index in [2.05, 4.69) is 31.0 Å². The quantitative estimate of drug-likeness (QED) is 0.442. The van der Waals surface area contributed by atoms with Gasteiger partial charge in [-0.2, -0.15) is 0 Å². The van der Waals surface area contributed by atoms with E-state index in [0.29, 0.717) is 31.7 Å². The van der Waals surface area contributed by atoms with Gasteiger partial charge in [0.1, 0.15) is 5.01 Å². The third-order valence-corrected chi connectivity index (χ3v) is 6.09. The smallest absolute Gasteiger partial charge is 0.257 e. The number of ether oxygens (including phenoxy) is 2. The second-order valence-electron chi connectivity index (χ2n) is 5.36. The number of nitrogens with zero attached hydrogens (tertiary/aromatic N) is 4. The number of aryl methyl sites for hydroxylation is 1. The SMILES string of the molecule is Cc1nnc(NC(=O)CSc2nnc(NC(=O)c3ccc4c(c3)OCO4)s2)s1. The fraction of sp³-hybridized carbons (Fsp3) is 0.200. The Morgan fingerprint density at radius 2 is 1.86 bits per heavy atom. The minimum Gasteiger partial charge on any atom is -0.454 e. The maximum Gasteiger partial charge on any atom is 0.257 e. The van der Waals surface area contributed by atoms with Gasteiger partial charge in [-0.3, -0.25) is 20.2 Å². The molecule has 144 valence electrons. The molecule has 1 aromatic carbocycles. The summed E-state index contributed by atoms with van der Waals surface area (Å²) < 4.78 is 11.0. The lowest BCUT2D eigenvalue weighted by Crippen LogP contribution is -2.13. The van der Waals surface area contributed by atoms with Crippen LogP contribution in [0.15, 0.2) is 22.5 Å². The Bertz CT molecular complexity index is 1040. The lowest BCUT2D eigenvalue weighted by atomic mass is 10.2. The summed E-state index contributed by atoms with van der Waals surface area (Å²) in [6.45, 7) is 1.95. The molecule has 0 radical (unpaired) electrons. The van der Waals surface area contributed by atoms with E-state index in [9.17, 15) is 9.59 Å². The summed E-state index contributed by atoms with van der Waals surface area (Å²) in [5.41, 5.74) is 0.417. The van der Waals surface area contributed by atoms with Gasteiger partial charge in [-0.15, -0.1) is 20.4 Å². The first-order valence-corrected chi connectivity index (χ1v) is 10.5. The Morgan fingerprint density at radius 1 is 1.07 bits per heavy atom. The second-order valence-corrected chi connectivity index (χ2v) is 8.74. The summed E-state index contributed by atoms with van der Waals surface area (Å²) in [4.78, 5) is 24.3. The summed E-state index contributed by atoms with van der Waals surface area (Å²) in [7, 11) is 0. The van der Waals surface area contributed by atoms with Crippen molar-refractivity contribution >= 4 is 56.5 Å². The number of amides is 2. The van der Waals surface area contributed by atoms with Crippen LogP contribution in [0.2, 0.25) is 0 Å². The topological polar surface area (TPSA) is 128 Å². The highest BCUT2D eigenvalue weighted by atomic mass is 32.2. The van der Waals surface area contributed by atoms with E-state index in [0.717, 1.165) is 5.01 Å². The lowest BCUT2D eigenvalue weighted by Gasteiger charge is -2.02. The van der Waals surface area contributed by atoms with Gasteiger partial charge in [-0.25, -0.2) is 0 Å². The summed E-state index contributed by atoms with van der Waals surface area (Å²) >= 11 is 3.70. The molecule has 28 heavy (non-hydrogen) atoms. The van der Waals surface area contributed by atoms with E-state index in [1.54, 1.807) is 18.2 Å². The number of fused-ring (bicyclic) bond motifs is 1. The number of anilines is 2. The molecule has 0 bridgehead atoms. The minimum atomic E-state index is -0.338. The van der Waals surface area contributed by atoms with E-state index < -0.39 is 0 Å². The van der Waals surface area contributed by atoms with Gasteiger partial charge in [0.05, 0.1) is 5.75 Å². The normalized spacial score (nSPS) is 12.0. The molecule has 2 N–H and O–H groups in total. The number of carbonyl (C=O) groups excluding carboxylic acids is 2. The molecular formula is C15H12N6O4S3. The first-order chi connectivity index (χ1) is 13.6. The first kappa shape index (κ1) is 18.6. The highest BCUT2D eigenvalue weighted by Gasteiger charge is 2.17. The van der Waals surface area contributed by atoms with Crippen molar-refractivity contribution in [1.29, 1.82) is 0 Å². The van der Waals surface area contributed by atoms with Crippen LogP contribution in [0.3, 0.4) is 0 Å². The zero-order valence-corrected chi connectivity index (χ0v) is 16.7. The van der Waals surface area contributed by atoms with Crippen molar-refractivity contribution in [3.05, 3.63) is 28.8 Å². The standard InChI is InChI=1S/C15H12N6O4S3/c1-7-18-19-13(27-7)16-11(22)5-26-15-21-20-14(28-15)17-12(23)8-2-3-9-10(4-8)25-6-24-9/h2-4H,5-6H2,1H3,(H,16,19,22)(H,17,20,23). The molecule has 0 unspecified atom stereocenters. The molecule has 3 aromatic rings.